The van der Waals surface area contributed by atoms with Crippen LogP contribution in [0.3, 0.4) is 0 Å². The van der Waals surface area contributed by atoms with Gasteiger partial charge in [0.05, 0.1) is 5.41 Å². The summed E-state index contributed by atoms with van der Waals surface area (Å²) in [5.41, 5.74) is -0.444. The molecule has 4 nitrogen and oxygen atoms in total. The zero-order chi connectivity index (χ0) is 37.7. The van der Waals surface area contributed by atoms with Crippen molar-refractivity contribution in [3.63, 3.8) is 0 Å². The molecule has 5 heteroatoms. The van der Waals surface area contributed by atoms with E-state index >= 15 is 0 Å². The molecule has 0 saturated carbocycles. The van der Waals surface area contributed by atoms with Gasteiger partial charge in [-0.2, -0.15) is 0 Å². The number of carboxylic acid groups (broad SMARTS) is 1. The van der Waals surface area contributed by atoms with Gasteiger partial charge in [-0.05, 0) is 32.1 Å². The minimum Gasteiger partial charge on any atom is -0.481 e. The van der Waals surface area contributed by atoms with Crippen molar-refractivity contribution in [3.8, 4) is 0 Å². The zero-order valence-corrected chi connectivity index (χ0v) is 39.0. The van der Waals surface area contributed by atoms with E-state index in [9.17, 15) is 9.90 Å². The van der Waals surface area contributed by atoms with Crippen molar-refractivity contribution in [2.45, 2.75) is 272 Å². The molecule has 0 aromatic carbocycles. The van der Waals surface area contributed by atoms with Gasteiger partial charge in [0, 0.05) is 54.1 Å². The van der Waals surface area contributed by atoms with Gasteiger partial charge in [-0.3, -0.25) is 4.79 Å². The molecule has 0 aliphatic carbocycles. The summed E-state index contributed by atoms with van der Waals surface area (Å²) >= 11 is 0. The van der Waals surface area contributed by atoms with Crippen molar-refractivity contribution in [2.75, 3.05) is 13.2 Å². The average Bonchev–Trinajstić information content (AvgIpc) is 3.12. The Hall–Kier alpha value is 0.741. The second-order valence-corrected chi connectivity index (χ2v) is 15.5. The number of carboxylic acids is 1. The first-order valence-electron chi connectivity index (χ1n) is 22.9. The summed E-state index contributed by atoms with van der Waals surface area (Å²) in [6.07, 6.45) is 45.9. The summed E-state index contributed by atoms with van der Waals surface area (Å²) in [6, 6.07) is 0. The van der Waals surface area contributed by atoms with Crippen LogP contribution in [0.25, 0.3) is 0 Å². The third-order valence-corrected chi connectivity index (χ3v) is 10.5. The fraction of sp³-hybridized carbons (Fsp3) is 0.978. The number of unbranched alkanes of at least 4 members (excludes halogenated alkanes) is 29. The van der Waals surface area contributed by atoms with E-state index in [2.05, 4.69) is 34.6 Å². The molecule has 0 saturated heterocycles. The fourth-order valence-electron chi connectivity index (χ4n) is 6.92. The Bertz CT molecular complexity index is 525. The standard InChI is InChI=1S/C26H52O2.2C10H22O.Nd/c1-4-7-10-13-16-19-22-26(25(27)28,23-20-17-14-11-8-5-2)24-21-18-15-12-9-6-3;2*1-2-3-4-5-6-7-8-9-10-11;/h4-24H2,1-3H3,(H,27,28);2*11H,2-10H2,1H3;. The molecule has 0 aliphatic rings. The third-order valence-electron chi connectivity index (χ3n) is 10.5. The minimum atomic E-state index is -0.511. The van der Waals surface area contributed by atoms with Gasteiger partial charge in [0.25, 0.3) is 0 Å². The van der Waals surface area contributed by atoms with Crippen LogP contribution < -0.4 is 0 Å². The molecule has 0 atom stereocenters. The number of rotatable bonds is 38. The summed E-state index contributed by atoms with van der Waals surface area (Å²) in [7, 11) is 0. The third kappa shape index (κ3) is 48.7. The molecule has 0 bridgehead atoms. The monoisotopic (exact) mass is 855 g/mol. The molecule has 0 rings (SSSR count). The molecule has 0 fully saturated rings. The van der Waals surface area contributed by atoms with Crippen LogP contribution in [-0.2, 0) is 4.79 Å². The van der Waals surface area contributed by atoms with E-state index in [0.717, 1.165) is 51.4 Å². The van der Waals surface area contributed by atoms with E-state index in [-0.39, 0.29) is 40.8 Å². The quantitative estimate of drug-likeness (QED) is 0.0541. The Balaban J connectivity index is -0.000000393. The number of hydrogen-bond donors (Lipinski definition) is 3. The van der Waals surface area contributed by atoms with Crippen molar-refractivity contribution in [3.05, 3.63) is 0 Å². The predicted molar refractivity (Wildman–Crippen MR) is 223 cm³/mol. The van der Waals surface area contributed by atoms with E-state index in [1.54, 1.807) is 0 Å². The van der Waals surface area contributed by atoms with Gasteiger partial charge in [0.2, 0.25) is 0 Å². The summed E-state index contributed by atoms with van der Waals surface area (Å²) in [4.78, 5) is 12.3. The first-order valence-corrected chi connectivity index (χ1v) is 22.9. The van der Waals surface area contributed by atoms with Crippen molar-refractivity contribution < 1.29 is 61.0 Å². The number of aliphatic hydroxyl groups excluding tert-OH is 2. The van der Waals surface area contributed by atoms with Crippen LogP contribution in [0.1, 0.15) is 272 Å². The molecule has 0 aliphatic heterocycles. The molecule has 308 valence electrons. The molecule has 0 heterocycles. The average molecular weight is 858 g/mol. The van der Waals surface area contributed by atoms with Crippen LogP contribution in [0.2, 0.25) is 0 Å². The molecular formula is C46H96NdO4. The van der Waals surface area contributed by atoms with Gasteiger partial charge in [-0.1, -0.05) is 240 Å². The molecule has 0 aromatic heterocycles. The Kier molecular flexibility index (Phi) is 60.6. The van der Waals surface area contributed by atoms with Gasteiger partial charge < -0.3 is 15.3 Å². The van der Waals surface area contributed by atoms with Crippen molar-refractivity contribution in [2.24, 2.45) is 5.41 Å². The van der Waals surface area contributed by atoms with Crippen molar-refractivity contribution >= 4 is 5.97 Å². The molecule has 3 N–H and O–H groups in total. The van der Waals surface area contributed by atoms with Gasteiger partial charge in [0.15, 0.2) is 0 Å². The first-order chi connectivity index (χ1) is 24.5. The van der Waals surface area contributed by atoms with Crippen LogP contribution in [0.4, 0.5) is 0 Å². The number of aliphatic carboxylic acids is 1. The van der Waals surface area contributed by atoms with Crippen molar-refractivity contribution in [1.29, 1.82) is 0 Å². The van der Waals surface area contributed by atoms with Crippen LogP contribution in [0, 0.1) is 46.3 Å². The maximum atomic E-state index is 12.3. The molecular weight excluding hydrogens is 761 g/mol. The van der Waals surface area contributed by atoms with E-state index in [4.69, 9.17) is 10.2 Å². The summed E-state index contributed by atoms with van der Waals surface area (Å²) in [5, 5.41) is 27.2. The topological polar surface area (TPSA) is 77.8 Å². The molecule has 0 unspecified atom stereocenters. The maximum Gasteiger partial charge on any atom is 0.309 e. The summed E-state index contributed by atoms with van der Waals surface area (Å²) in [6.45, 7) is 12.0. The van der Waals surface area contributed by atoms with Gasteiger partial charge in [-0.15, -0.1) is 0 Å². The summed E-state index contributed by atoms with van der Waals surface area (Å²) < 4.78 is 0. The normalized spacial score (nSPS) is 11.0. The van der Waals surface area contributed by atoms with Crippen LogP contribution in [0.15, 0.2) is 0 Å². The fourth-order valence-corrected chi connectivity index (χ4v) is 6.92. The molecule has 0 spiro atoms. The predicted octanol–water partition coefficient (Wildman–Crippen LogP) is 15.5. The molecule has 0 amide bonds. The Morgan fingerprint density at radius 3 is 0.686 bits per heavy atom. The van der Waals surface area contributed by atoms with E-state index in [1.165, 1.54) is 186 Å². The summed E-state index contributed by atoms with van der Waals surface area (Å²) in [5.74, 6) is -0.511. The van der Waals surface area contributed by atoms with Gasteiger partial charge in [-0.25, -0.2) is 0 Å². The number of aliphatic hydroxyl groups is 2. The largest absolute Gasteiger partial charge is 0.481 e. The Morgan fingerprint density at radius 1 is 0.333 bits per heavy atom. The van der Waals surface area contributed by atoms with E-state index < -0.39 is 11.4 Å². The van der Waals surface area contributed by atoms with Crippen LogP contribution in [-0.4, -0.2) is 34.5 Å². The van der Waals surface area contributed by atoms with Crippen LogP contribution in [0.5, 0.6) is 0 Å². The second-order valence-electron chi connectivity index (χ2n) is 15.5. The molecule has 0 aromatic rings. The van der Waals surface area contributed by atoms with Crippen LogP contribution >= 0.6 is 0 Å². The SMILES string of the molecule is CCCCCCCCC(CCCCCCCC)(CCCCCCCC)C(=O)O.CCCCCCCCCCO.CCCCCCCCCCO.[Nd]. The Labute approximate surface area is 355 Å². The van der Waals surface area contributed by atoms with Gasteiger partial charge >= 0.3 is 5.97 Å². The molecule has 51 heavy (non-hydrogen) atoms. The van der Waals surface area contributed by atoms with E-state index in [0.29, 0.717) is 13.2 Å². The number of hydrogen-bond acceptors (Lipinski definition) is 3. The van der Waals surface area contributed by atoms with Crippen molar-refractivity contribution in [1.82, 2.24) is 0 Å². The smallest absolute Gasteiger partial charge is 0.309 e. The minimum absolute atomic E-state index is 0. The van der Waals surface area contributed by atoms with E-state index in [1.807, 2.05) is 0 Å². The first kappa shape index (κ1) is 58.4. The van der Waals surface area contributed by atoms with Gasteiger partial charge in [0.1, 0.15) is 0 Å². The Morgan fingerprint density at radius 2 is 0.510 bits per heavy atom. The molecule has 0 radical (unpaired) electrons. The second kappa shape index (κ2) is 52.8. The number of carbonyl (C=O) groups is 1. The maximum absolute atomic E-state index is 12.3. The zero-order valence-electron chi connectivity index (χ0n) is 35.8.